The van der Waals surface area contributed by atoms with Crippen LogP contribution in [0.1, 0.15) is 22.8 Å². The second kappa shape index (κ2) is 9.61. The van der Waals surface area contributed by atoms with Crippen LogP contribution < -0.4 is 11.1 Å². The van der Waals surface area contributed by atoms with Gasteiger partial charge in [0.1, 0.15) is 0 Å². The highest BCUT2D eigenvalue weighted by Crippen LogP contribution is 2.06. The van der Waals surface area contributed by atoms with Crippen LogP contribution in [-0.4, -0.2) is 41.1 Å². The lowest BCUT2D eigenvalue weighted by atomic mass is 10.1. The molecule has 0 fully saturated rings. The third-order valence-electron chi connectivity index (χ3n) is 3.87. The van der Waals surface area contributed by atoms with Gasteiger partial charge in [0, 0.05) is 0 Å². The maximum Gasteiger partial charge on any atom is 0.345 e. The Labute approximate surface area is 157 Å². The van der Waals surface area contributed by atoms with Crippen molar-refractivity contribution in [1.82, 2.24) is 5.32 Å². The fourth-order valence-corrected chi connectivity index (χ4v) is 2.39. The molecule has 0 aliphatic rings. The van der Waals surface area contributed by atoms with Crippen LogP contribution in [0.3, 0.4) is 0 Å². The number of aliphatic hydroxyl groups excluding tert-OH is 1. The molecule has 1 amide bonds. The Morgan fingerprint density at radius 3 is 2.15 bits per heavy atom. The summed E-state index contributed by atoms with van der Waals surface area (Å²) in [6.45, 7) is 1.31. The van der Waals surface area contributed by atoms with E-state index in [9.17, 15) is 19.5 Å². The number of ether oxygens (including phenoxy) is 1. The molecular formula is C20H22N2O5. The van der Waals surface area contributed by atoms with Crippen molar-refractivity contribution in [2.24, 2.45) is 5.73 Å². The average Bonchev–Trinajstić information content (AvgIpc) is 2.66. The zero-order valence-electron chi connectivity index (χ0n) is 14.9. The number of carbonyl (C=O) groups is 3. The number of hydrogen-bond acceptors (Lipinski definition) is 6. The summed E-state index contributed by atoms with van der Waals surface area (Å²) in [6.07, 6.45) is -1.01. The first-order chi connectivity index (χ1) is 12.9. The maximum absolute atomic E-state index is 12.3. The Morgan fingerprint density at radius 1 is 1.04 bits per heavy atom. The second-order valence-electron chi connectivity index (χ2n) is 6.10. The lowest BCUT2D eigenvalue weighted by Gasteiger charge is -2.21. The number of rotatable bonds is 7. The highest BCUT2D eigenvalue weighted by molar-refractivity contribution is 5.99. The van der Waals surface area contributed by atoms with E-state index in [1.807, 2.05) is 30.3 Å². The molecule has 2 rings (SSSR count). The molecule has 0 heterocycles. The van der Waals surface area contributed by atoms with Crippen molar-refractivity contribution in [2.45, 2.75) is 31.5 Å². The van der Waals surface area contributed by atoms with Crippen molar-refractivity contribution in [3.8, 4) is 0 Å². The van der Waals surface area contributed by atoms with E-state index < -0.39 is 36.0 Å². The Hall–Kier alpha value is -3.03. The molecule has 7 nitrogen and oxygen atoms in total. The van der Waals surface area contributed by atoms with Crippen molar-refractivity contribution in [3.05, 3.63) is 71.8 Å². The summed E-state index contributed by atoms with van der Waals surface area (Å²) in [7, 11) is 0. The molecule has 7 heteroatoms. The summed E-state index contributed by atoms with van der Waals surface area (Å²) < 4.78 is 4.77. The first-order valence-corrected chi connectivity index (χ1v) is 8.47. The van der Waals surface area contributed by atoms with Crippen LogP contribution >= 0.6 is 0 Å². The van der Waals surface area contributed by atoms with Crippen LogP contribution in [0.2, 0.25) is 0 Å². The number of nitrogens with two attached hydrogens (primary N) is 1. The van der Waals surface area contributed by atoms with Crippen molar-refractivity contribution in [3.63, 3.8) is 0 Å². The molecule has 2 aromatic carbocycles. The monoisotopic (exact) mass is 370 g/mol. The van der Waals surface area contributed by atoms with Gasteiger partial charge in [-0.2, -0.15) is 0 Å². The van der Waals surface area contributed by atoms with E-state index >= 15 is 0 Å². The van der Waals surface area contributed by atoms with Crippen molar-refractivity contribution in [1.29, 1.82) is 0 Å². The Kier molecular flexibility index (Phi) is 7.22. The van der Waals surface area contributed by atoms with Crippen LogP contribution in [0.15, 0.2) is 60.7 Å². The van der Waals surface area contributed by atoms with Crippen molar-refractivity contribution >= 4 is 17.8 Å². The summed E-state index contributed by atoms with van der Waals surface area (Å²) in [4.78, 5) is 36.5. The number of aliphatic hydroxyl groups is 1. The molecule has 3 atom stereocenters. The predicted molar refractivity (Wildman–Crippen MR) is 98.6 cm³/mol. The minimum absolute atomic E-state index is 0.183. The quantitative estimate of drug-likeness (QED) is 0.490. The number of hydrogen-bond donors (Lipinski definition) is 3. The molecular weight excluding hydrogens is 348 g/mol. The highest BCUT2D eigenvalue weighted by Gasteiger charge is 2.31. The van der Waals surface area contributed by atoms with Crippen LogP contribution in [0, 0.1) is 0 Å². The molecule has 0 unspecified atom stereocenters. The van der Waals surface area contributed by atoms with Gasteiger partial charge in [0.25, 0.3) is 0 Å². The molecule has 0 aromatic heterocycles. The van der Waals surface area contributed by atoms with Crippen molar-refractivity contribution < 1.29 is 24.2 Å². The van der Waals surface area contributed by atoms with E-state index in [0.29, 0.717) is 0 Å². The molecule has 0 saturated heterocycles. The van der Waals surface area contributed by atoms with Gasteiger partial charge < -0.3 is 20.9 Å². The van der Waals surface area contributed by atoms with Gasteiger partial charge in [-0.3, -0.25) is 4.79 Å². The molecule has 4 N–H and O–H groups in total. The minimum Gasteiger partial charge on any atom is -0.391 e. The Balaban J connectivity index is 1.98. The van der Waals surface area contributed by atoms with Gasteiger partial charge in [0.05, 0.1) is 17.7 Å². The molecule has 0 aliphatic carbocycles. The van der Waals surface area contributed by atoms with Gasteiger partial charge in [-0.05, 0) is 31.0 Å². The lowest BCUT2D eigenvalue weighted by Crippen LogP contribution is -2.54. The zero-order valence-corrected chi connectivity index (χ0v) is 14.9. The van der Waals surface area contributed by atoms with E-state index in [0.717, 1.165) is 5.56 Å². The summed E-state index contributed by atoms with van der Waals surface area (Å²) in [5, 5.41) is 12.2. The standard InChI is InChI=1S/C20H22N2O5/c1-13(23)17(20(26)27-19(25)15-10-6-3-7-11-15)22-18(24)16(21)12-14-8-4-2-5-9-14/h2-11,13,16-17,23H,12,21H2,1H3,(H,22,24)/t13-,16+,17+/m1/s1. The lowest BCUT2D eigenvalue weighted by molar-refractivity contribution is -0.145. The smallest absolute Gasteiger partial charge is 0.345 e. The topological polar surface area (TPSA) is 119 Å². The number of amides is 1. The molecule has 2 aromatic rings. The molecule has 0 bridgehead atoms. The molecule has 142 valence electrons. The minimum atomic E-state index is -1.41. The Morgan fingerprint density at radius 2 is 1.59 bits per heavy atom. The number of carbonyl (C=O) groups excluding carboxylic acids is 3. The van der Waals surface area contributed by atoms with Crippen LogP contribution in [0.5, 0.6) is 0 Å². The number of benzene rings is 2. The van der Waals surface area contributed by atoms with Crippen LogP contribution in [0.25, 0.3) is 0 Å². The van der Waals surface area contributed by atoms with Gasteiger partial charge in [0.15, 0.2) is 6.04 Å². The van der Waals surface area contributed by atoms with Crippen LogP contribution in [-0.2, 0) is 20.7 Å². The summed E-state index contributed by atoms with van der Waals surface area (Å²) in [6, 6.07) is 14.7. The van der Waals surface area contributed by atoms with Crippen molar-refractivity contribution in [2.75, 3.05) is 0 Å². The summed E-state index contributed by atoms with van der Waals surface area (Å²) in [5.41, 5.74) is 6.92. The summed E-state index contributed by atoms with van der Waals surface area (Å²) >= 11 is 0. The zero-order chi connectivity index (χ0) is 19.8. The third kappa shape index (κ3) is 6.02. The van der Waals surface area contributed by atoms with E-state index in [1.165, 1.54) is 19.1 Å². The fraction of sp³-hybridized carbons (Fsp3) is 0.250. The first kappa shape index (κ1) is 20.3. The SMILES string of the molecule is C[C@@H](O)[C@H](NC(=O)[C@@H](N)Cc1ccccc1)C(=O)OC(=O)c1ccccc1. The number of esters is 2. The molecule has 27 heavy (non-hydrogen) atoms. The summed E-state index contributed by atoms with van der Waals surface area (Å²) in [5.74, 6) is -2.55. The van der Waals surface area contributed by atoms with E-state index in [4.69, 9.17) is 10.5 Å². The normalized spacial score (nSPS) is 13.9. The fourth-order valence-electron chi connectivity index (χ4n) is 2.39. The highest BCUT2D eigenvalue weighted by atomic mass is 16.6. The molecule has 0 saturated carbocycles. The maximum atomic E-state index is 12.3. The number of nitrogens with one attached hydrogen (secondary N) is 1. The van der Waals surface area contributed by atoms with Gasteiger partial charge in [0.2, 0.25) is 5.91 Å². The second-order valence-corrected chi connectivity index (χ2v) is 6.10. The Bertz CT molecular complexity index is 777. The van der Waals surface area contributed by atoms with Gasteiger partial charge in [-0.25, -0.2) is 9.59 Å². The van der Waals surface area contributed by atoms with E-state index in [-0.39, 0.29) is 12.0 Å². The van der Waals surface area contributed by atoms with Gasteiger partial charge >= 0.3 is 11.9 Å². The largest absolute Gasteiger partial charge is 0.391 e. The predicted octanol–water partition coefficient (Wildman–Crippen LogP) is 0.806. The first-order valence-electron chi connectivity index (χ1n) is 8.47. The molecule has 0 spiro atoms. The van der Waals surface area contributed by atoms with E-state index in [1.54, 1.807) is 18.2 Å². The van der Waals surface area contributed by atoms with E-state index in [2.05, 4.69) is 5.32 Å². The third-order valence-corrected chi connectivity index (χ3v) is 3.87. The molecule has 0 radical (unpaired) electrons. The van der Waals surface area contributed by atoms with Gasteiger partial charge in [-0.1, -0.05) is 48.5 Å². The van der Waals surface area contributed by atoms with Gasteiger partial charge in [-0.15, -0.1) is 0 Å². The van der Waals surface area contributed by atoms with Crippen LogP contribution in [0.4, 0.5) is 0 Å². The molecule has 0 aliphatic heterocycles. The average molecular weight is 370 g/mol.